The highest BCUT2D eigenvalue weighted by molar-refractivity contribution is 5.84. The maximum atomic E-state index is 11.7. The van der Waals surface area contributed by atoms with E-state index in [0.717, 1.165) is 16.3 Å². The second kappa shape index (κ2) is 7.17. The van der Waals surface area contributed by atoms with Crippen LogP contribution in [-0.2, 0) is 4.79 Å². The van der Waals surface area contributed by atoms with E-state index in [4.69, 9.17) is 4.74 Å². The van der Waals surface area contributed by atoms with E-state index in [1.165, 1.54) is 6.21 Å². The van der Waals surface area contributed by atoms with E-state index in [1.54, 1.807) is 18.5 Å². The molecule has 1 N–H and O–H groups in total. The number of aromatic nitrogens is 1. The third kappa shape index (κ3) is 4.14. The van der Waals surface area contributed by atoms with Crippen molar-refractivity contribution in [2.24, 2.45) is 5.10 Å². The van der Waals surface area contributed by atoms with Crippen molar-refractivity contribution in [2.75, 3.05) is 6.61 Å². The van der Waals surface area contributed by atoms with Gasteiger partial charge in [-0.3, -0.25) is 9.78 Å². The molecule has 1 aromatic heterocycles. The summed E-state index contributed by atoms with van der Waals surface area (Å²) in [5.41, 5.74) is 3.22. The number of carbonyl (C=O) groups is 1. The van der Waals surface area contributed by atoms with Gasteiger partial charge in [0.2, 0.25) is 0 Å². The lowest BCUT2D eigenvalue weighted by atomic mass is 10.1. The van der Waals surface area contributed by atoms with Gasteiger partial charge in [-0.05, 0) is 29.0 Å². The van der Waals surface area contributed by atoms with Gasteiger partial charge in [0.05, 0.1) is 6.21 Å². The Balaban J connectivity index is 1.52. The minimum absolute atomic E-state index is 0.0945. The van der Waals surface area contributed by atoms with Crippen LogP contribution in [-0.4, -0.2) is 23.7 Å². The first kappa shape index (κ1) is 14.7. The van der Waals surface area contributed by atoms with Crippen molar-refractivity contribution in [1.82, 2.24) is 10.4 Å². The van der Waals surface area contributed by atoms with Gasteiger partial charge >= 0.3 is 0 Å². The van der Waals surface area contributed by atoms with E-state index in [-0.39, 0.29) is 12.5 Å². The molecule has 0 aliphatic carbocycles. The van der Waals surface area contributed by atoms with E-state index >= 15 is 0 Å². The molecule has 0 saturated carbocycles. The SMILES string of the molecule is O=C(COc1ccc2ccccc2c1)N/N=C\c1cccnc1. The van der Waals surface area contributed by atoms with Crippen molar-refractivity contribution in [3.63, 3.8) is 0 Å². The third-order valence-electron chi connectivity index (χ3n) is 3.18. The fourth-order valence-electron chi connectivity index (χ4n) is 2.07. The molecule has 114 valence electrons. The van der Waals surface area contributed by atoms with Gasteiger partial charge in [0, 0.05) is 18.0 Å². The first-order chi connectivity index (χ1) is 11.3. The number of pyridine rings is 1. The van der Waals surface area contributed by atoms with Gasteiger partial charge in [-0.25, -0.2) is 5.43 Å². The summed E-state index contributed by atoms with van der Waals surface area (Å²) in [7, 11) is 0. The highest BCUT2D eigenvalue weighted by atomic mass is 16.5. The molecule has 0 bridgehead atoms. The third-order valence-corrected chi connectivity index (χ3v) is 3.18. The fraction of sp³-hybridized carbons (Fsp3) is 0.0556. The predicted molar refractivity (Wildman–Crippen MR) is 89.4 cm³/mol. The highest BCUT2D eigenvalue weighted by Crippen LogP contribution is 2.20. The summed E-state index contributed by atoms with van der Waals surface area (Å²) in [6.45, 7) is -0.0945. The number of ether oxygens (including phenoxy) is 1. The molecular formula is C18H15N3O2. The molecule has 0 saturated heterocycles. The molecule has 0 fully saturated rings. The van der Waals surface area contributed by atoms with Gasteiger partial charge in [0.1, 0.15) is 5.75 Å². The van der Waals surface area contributed by atoms with Gasteiger partial charge in [-0.1, -0.05) is 36.4 Å². The molecule has 0 atom stereocenters. The van der Waals surface area contributed by atoms with Crippen molar-refractivity contribution >= 4 is 22.9 Å². The van der Waals surface area contributed by atoms with Crippen LogP contribution in [0.3, 0.4) is 0 Å². The molecule has 1 amide bonds. The Labute approximate surface area is 133 Å². The standard InChI is InChI=1S/C18H15N3O2/c22-18(21-20-12-14-4-3-9-19-11-14)13-23-17-8-7-15-5-1-2-6-16(15)10-17/h1-12H,13H2,(H,21,22)/b20-12-. The number of nitrogens with zero attached hydrogens (tertiary/aromatic N) is 2. The molecule has 5 heteroatoms. The molecule has 0 spiro atoms. The number of hydrazone groups is 1. The number of hydrogen-bond acceptors (Lipinski definition) is 4. The Bertz CT molecular complexity index is 832. The van der Waals surface area contributed by atoms with Crippen molar-refractivity contribution in [3.8, 4) is 5.75 Å². The first-order valence-electron chi connectivity index (χ1n) is 7.15. The molecule has 2 aromatic carbocycles. The Morgan fingerprint density at radius 1 is 1.13 bits per heavy atom. The molecule has 23 heavy (non-hydrogen) atoms. The Morgan fingerprint density at radius 2 is 2.00 bits per heavy atom. The number of nitrogens with one attached hydrogen (secondary N) is 1. The summed E-state index contributed by atoms with van der Waals surface area (Å²) >= 11 is 0. The first-order valence-corrected chi connectivity index (χ1v) is 7.15. The van der Waals surface area contributed by atoms with Gasteiger partial charge in [-0.2, -0.15) is 5.10 Å². The van der Waals surface area contributed by atoms with Crippen molar-refractivity contribution < 1.29 is 9.53 Å². The Hall–Kier alpha value is -3.21. The molecule has 0 aliphatic heterocycles. The maximum Gasteiger partial charge on any atom is 0.277 e. The normalized spacial score (nSPS) is 10.8. The van der Waals surface area contributed by atoms with Gasteiger partial charge in [0.25, 0.3) is 5.91 Å². The summed E-state index contributed by atoms with van der Waals surface area (Å²) in [4.78, 5) is 15.7. The second-order valence-electron chi connectivity index (χ2n) is 4.88. The second-order valence-corrected chi connectivity index (χ2v) is 4.88. The van der Waals surface area contributed by atoms with Gasteiger partial charge < -0.3 is 4.74 Å². The highest BCUT2D eigenvalue weighted by Gasteiger charge is 2.02. The molecule has 0 radical (unpaired) electrons. The quantitative estimate of drug-likeness (QED) is 0.582. The average molecular weight is 305 g/mol. The summed E-state index contributed by atoms with van der Waals surface area (Å²) < 4.78 is 5.48. The zero-order valence-electron chi connectivity index (χ0n) is 12.3. The minimum Gasteiger partial charge on any atom is -0.484 e. The number of benzene rings is 2. The van der Waals surface area contributed by atoms with E-state index in [1.807, 2.05) is 48.5 Å². The summed E-state index contributed by atoms with van der Waals surface area (Å²) in [5.74, 6) is 0.327. The van der Waals surface area contributed by atoms with Crippen LogP contribution in [0, 0.1) is 0 Å². The van der Waals surface area contributed by atoms with E-state index in [9.17, 15) is 4.79 Å². The molecule has 1 heterocycles. The van der Waals surface area contributed by atoms with Crippen molar-refractivity contribution in [3.05, 3.63) is 72.6 Å². The van der Waals surface area contributed by atoms with Gasteiger partial charge in [-0.15, -0.1) is 0 Å². The monoisotopic (exact) mass is 305 g/mol. The fourth-order valence-corrected chi connectivity index (χ4v) is 2.07. The number of amides is 1. The van der Waals surface area contributed by atoms with Crippen LogP contribution in [0.1, 0.15) is 5.56 Å². The average Bonchev–Trinajstić information content (AvgIpc) is 2.61. The van der Waals surface area contributed by atoms with Gasteiger partial charge in [0.15, 0.2) is 6.61 Å². The lowest BCUT2D eigenvalue weighted by Crippen LogP contribution is -2.24. The largest absolute Gasteiger partial charge is 0.484 e. The van der Waals surface area contributed by atoms with E-state index in [2.05, 4.69) is 15.5 Å². The van der Waals surface area contributed by atoms with E-state index in [0.29, 0.717) is 5.75 Å². The van der Waals surface area contributed by atoms with Crippen molar-refractivity contribution in [2.45, 2.75) is 0 Å². The zero-order chi connectivity index (χ0) is 15.9. The number of rotatable bonds is 5. The topological polar surface area (TPSA) is 63.6 Å². The Morgan fingerprint density at radius 3 is 2.83 bits per heavy atom. The van der Waals surface area contributed by atoms with Crippen LogP contribution in [0.5, 0.6) is 5.75 Å². The molecule has 5 nitrogen and oxygen atoms in total. The lowest BCUT2D eigenvalue weighted by molar-refractivity contribution is -0.123. The maximum absolute atomic E-state index is 11.7. The van der Waals surface area contributed by atoms with Crippen LogP contribution < -0.4 is 10.2 Å². The van der Waals surface area contributed by atoms with Crippen LogP contribution in [0.2, 0.25) is 0 Å². The van der Waals surface area contributed by atoms with Crippen LogP contribution >= 0.6 is 0 Å². The zero-order valence-corrected chi connectivity index (χ0v) is 12.3. The summed E-state index contributed by atoms with van der Waals surface area (Å²) in [6, 6.07) is 17.3. The predicted octanol–water partition coefficient (Wildman–Crippen LogP) is 2.76. The lowest BCUT2D eigenvalue weighted by Gasteiger charge is -2.06. The number of fused-ring (bicyclic) bond motifs is 1. The molecular weight excluding hydrogens is 290 g/mol. The van der Waals surface area contributed by atoms with E-state index < -0.39 is 0 Å². The number of hydrogen-bond donors (Lipinski definition) is 1. The molecule has 0 unspecified atom stereocenters. The molecule has 3 aromatic rings. The minimum atomic E-state index is -0.321. The summed E-state index contributed by atoms with van der Waals surface area (Å²) in [6.07, 6.45) is 4.86. The van der Waals surface area contributed by atoms with Crippen LogP contribution in [0.25, 0.3) is 10.8 Å². The Kier molecular flexibility index (Phi) is 4.59. The molecule has 3 rings (SSSR count). The number of carbonyl (C=O) groups excluding carboxylic acids is 1. The summed E-state index contributed by atoms with van der Waals surface area (Å²) in [5, 5.41) is 6.06. The molecule has 0 aliphatic rings. The smallest absolute Gasteiger partial charge is 0.277 e. The van der Waals surface area contributed by atoms with Crippen molar-refractivity contribution in [1.29, 1.82) is 0 Å². The van der Waals surface area contributed by atoms with Crippen LogP contribution in [0.4, 0.5) is 0 Å². The van der Waals surface area contributed by atoms with Crippen LogP contribution in [0.15, 0.2) is 72.1 Å².